The second-order valence-corrected chi connectivity index (χ2v) is 5.63. The van der Waals surface area contributed by atoms with Crippen LogP contribution in [-0.2, 0) is 9.59 Å². The van der Waals surface area contributed by atoms with Crippen LogP contribution in [0.15, 0.2) is 40.3 Å². The maximum Gasteiger partial charge on any atom is 0.294 e. The van der Waals surface area contributed by atoms with E-state index in [1.54, 1.807) is 29.6 Å². The van der Waals surface area contributed by atoms with Crippen molar-refractivity contribution in [3.63, 3.8) is 0 Å². The minimum atomic E-state index is -0.828. The Hall–Kier alpha value is -1.86. The molecule has 2 rings (SSSR count). The monoisotopic (exact) mass is 352 g/mol. The van der Waals surface area contributed by atoms with Gasteiger partial charge >= 0.3 is 0 Å². The molecule has 0 radical (unpaired) electrons. The lowest BCUT2D eigenvalue weighted by molar-refractivity contribution is -0.134. The summed E-state index contributed by atoms with van der Waals surface area (Å²) in [4.78, 5) is 38.9. The zero-order chi connectivity index (χ0) is 14.5. The summed E-state index contributed by atoms with van der Waals surface area (Å²) >= 11 is 4.45. The first-order chi connectivity index (χ1) is 9.56. The second kappa shape index (κ2) is 6.53. The van der Waals surface area contributed by atoms with Crippen molar-refractivity contribution in [2.45, 2.75) is 6.42 Å². The Kier molecular flexibility index (Phi) is 4.75. The molecule has 0 aliphatic rings. The van der Waals surface area contributed by atoms with Crippen molar-refractivity contribution in [1.82, 2.24) is 4.98 Å². The zero-order valence-corrected chi connectivity index (χ0v) is 12.5. The molecule has 0 saturated carbocycles. The number of nitrogens with zero attached hydrogens (tertiary/aromatic N) is 1. The number of thiazole rings is 1. The van der Waals surface area contributed by atoms with E-state index in [-0.39, 0.29) is 0 Å². The van der Waals surface area contributed by atoms with E-state index in [0.29, 0.717) is 10.7 Å². The lowest BCUT2D eigenvalue weighted by Crippen LogP contribution is -2.25. The van der Waals surface area contributed by atoms with Gasteiger partial charge < -0.3 is 0 Å². The highest BCUT2D eigenvalue weighted by Crippen LogP contribution is 2.13. The number of rotatable bonds is 5. The van der Waals surface area contributed by atoms with Crippen LogP contribution in [-0.4, -0.2) is 22.5 Å². The Balaban J connectivity index is 1.95. The van der Waals surface area contributed by atoms with Gasteiger partial charge in [-0.3, -0.25) is 19.7 Å². The second-order valence-electron chi connectivity index (χ2n) is 3.82. The van der Waals surface area contributed by atoms with Crippen LogP contribution in [0, 0.1) is 0 Å². The first kappa shape index (κ1) is 14.5. The quantitative estimate of drug-likeness (QED) is 0.509. The Morgan fingerprint density at radius 1 is 1.20 bits per heavy atom. The number of hydrogen-bond donors (Lipinski definition) is 1. The molecule has 1 amide bonds. The minimum absolute atomic E-state index is 0.333. The van der Waals surface area contributed by atoms with Crippen molar-refractivity contribution < 1.29 is 14.4 Å². The maximum absolute atomic E-state index is 11.8. The molecule has 1 aromatic heterocycles. The first-order valence-electron chi connectivity index (χ1n) is 5.58. The number of ketones is 2. The van der Waals surface area contributed by atoms with E-state index < -0.39 is 23.9 Å². The summed E-state index contributed by atoms with van der Waals surface area (Å²) in [6, 6.07) is 6.59. The van der Waals surface area contributed by atoms with Gasteiger partial charge in [0.15, 0.2) is 10.9 Å². The van der Waals surface area contributed by atoms with Crippen LogP contribution in [0.1, 0.15) is 16.8 Å². The number of amides is 1. The molecule has 0 unspecified atom stereocenters. The third-order valence-electron chi connectivity index (χ3n) is 2.39. The van der Waals surface area contributed by atoms with Crippen LogP contribution in [0.25, 0.3) is 0 Å². The number of benzene rings is 1. The minimum Gasteiger partial charge on any atom is -0.295 e. The molecule has 1 N–H and O–H groups in total. The normalized spacial score (nSPS) is 10.1. The number of hydrogen-bond acceptors (Lipinski definition) is 5. The van der Waals surface area contributed by atoms with E-state index in [4.69, 9.17) is 0 Å². The molecule has 1 heterocycles. The van der Waals surface area contributed by atoms with Gasteiger partial charge in [-0.1, -0.05) is 28.1 Å². The largest absolute Gasteiger partial charge is 0.295 e. The van der Waals surface area contributed by atoms with Crippen molar-refractivity contribution in [3.05, 3.63) is 45.9 Å². The predicted octanol–water partition coefficient (Wildman–Crippen LogP) is 2.69. The lowest BCUT2D eigenvalue weighted by atomic mass is 10.1. The number of carbonyl (C=O) groups is 3. The van der Waals surface area contributed by atoms with Crippen LogP contribution in [0.2, 0.25) is 0 Å². The standard InChI is InChI=1S/C13H9BrN2O3S/c14-9-3-1-8(2-4-9)10(17)7-11(18)12(19)16-13-15-5-6-20-13/h1-6H,7H2,(H,15,16,19). The fraction of sp³-hybridized carbons (Fsp3) is 0.0769. The molecule has 0 aliphatic carbocycles. The highest BCUT2D eigenvalue weighted by atomic mass is 79.9. The highest BCUT2D eigenvalue weighted by molar-refractivity contribution is 9.10. The summed E-state index contributed by atoms with van der Waals surface area (Å²) in [6.07, 6.45) is 1.05. The summed E-state index contributed by atoms with van der Waals surface area (Å²) in [7, 11) is 0. The summed E-state index contributed by atoms with van der Waals surface area (Å²) in [5.74, 6) is -2.00. The van der Waals surface area contributed by atoms with Crippen molar-refractivity contribution in [3.8, 4) is 0 Å². The van der Waals surface area contributed by atoms with Gasteiger partial charge in [0.1, 0.15) is 0 Å². The molecular weight excluding hydrogens is 344 g/mol. The van der Waals surface area contributed by atoms with E-state index >= 15 is 0 Å². The van der Waals surface area contributed by atoms with Gasteiger partial charge in [0.2, 0.25) is 5.78 Å². The van der Waals surface area contributed by atoms with Crippen LogP contribution in [0.3, 0.4) is 0 Å². The summed E-state index contributed by atoms with van der Waals surface area (Å²) < 4.78 is 0.835. The average Bonchev–Trinajstić information content (AvgIpc) is 2.92. The van der Waals surface area contributed by atoms with Gasteiger partial charge in [-0.15, -0.1) is 11.3 Å². The van der Waals surface area contributed by atoms with Crippen LogP contribution in [0.5, 0.6) is 0 Å². The molecule has 0 fully saturated rings. The topological polar surface area (TPSA) is 76.1 Å². The molecule has 0 bridgehead atoms. The number of anilines is 1. The molecule has 0 saturated heterocycles. The van der Waals surface area contributed by atoms with E-state index in [9.17, 15) is 14.4 Å². The van der Waals surface area contributed by atoms with Gasteiger partial charge in [-0.05, 0) is 12.1 Å². The molecule has 2 aromatic rings. The van der Waals surface area contributed by atoms with Crippen molar-refractivity contribution >= 4 is 49.9 Å². The molecule has 0 aliphatic heterocycles. The predicted molar refractivity (Wildman–Crippen MR) is 78.8 cm³/mol. The van der Waals surface area contributed by atoms with Gasteiger partial charge in [-0.2, -0.15) is 0 Å². The first-order valence-corrected chi connectivity index (χ1v) is 7.26. The molecule has 5 nitrogen and oxygen atoms in total. The third-order valence-corrected chi connectivity index (χ3v) is 3.61. The van der Waals surface area contributed by atoms with Crippen LogP contribution >= 0.6 is 27.3 Å². The Morgan fingerprint density at radius 2 is 1.90 bits per heavy atom. The highest BCUT2D eigenvalue weighted by Gasteiger charge is 2.19. The van der Waals surface area contributed by atoms with Gasteiger partial charge in [0.05, 0.1) is 6.42 Å². The molecule has 0 atom stereocenters. The summed E-state index contributed by atoms with van der Waals surface area (Å²) in [5.41, 5.74) is 0.392. The van der Waals surface area contributed by atoms with Crippen LogP contribution in [0.4, 0.5) is 5.13 Å². The van der Waals surface area contributed by atoms with Gasteiger partial charge in [0, 0.05) is 21.6 Å². The fourth-order valence-electron chi connectivity index (χ4n) is 1.42. The molecule has 0 spiro atoms. The van der Waals surface area contributed by atoms with E-state index in [2.05, 4.69) is 26.2 Å². The number of aromatic nitrogens is 1. The Labute approximate surface area is 127 Å². The number of Topliss-reactive ketones (excluding diaryl/α,β-unsaturated/α-hetero) is 2. The Bertz CT molecular complexity index is 638. The zero-order valence-electron chi connectivity index (χ0n) is 10.1. The van der Waals surface area contributed by atoms with Crippen molar-refractivity contribution in [2.75, 3.05) is 5.32 Å². The lowest BCUT2D eigenvalue weighted by Gasteiger charge is -2.01. The summed E-state index contributed by atoms with van der Waals surface area (Å²) in [5, 5.41) is 4.35. The molecule has 1 aromatic carbocycles. The smallest absolute Gasteiger partial charge is 0.294 e. The summed E-state index contributed by atoms with van der Waals surface area (Å²) in [6.45, 7) is 0. The van der Waals surface area contributed by atoms with Gasteiger partial charge in [0.25, 0.3) is 5.91 Å². The van der Waals surface area contributed by atoms with E-state index in [0.717, 1.165) is 4.47 Å². The maximum atomic E-state index is 11.8. The van der Waals surface area contributed by atoms with E-state index in [1.807, 2.05) is 0 Å². The molecular formula is C13H9BrN2O3S. The van der Waals surface area contributed by atoms with Crippen molar-refractivity contribution in [1.29, 1.82) is 0 Å². The SMILES string of the molecule is O=C(CC(=O)c1ccc(Br)cc1)C(=O)Nc1nccs1. The average molecular weight is 353 g/mol. The molecule has 7 heteroatoms. The third kappa shape index (κ3) is 3.82. The van der Waals surface area contributed by atoms with E-state index in [1.165, 1.54) is 17.5 Å². The number of carbonyl (C=O) groups excluding carboxylic acids is 3. The van der Waals surface area contributed by atoms with Gasteiger partial charge in [-0.25, -0.2) is 4.98 Å². The van der Waals surface area contributed by atoms with Crippen LogP contribution < -0.4 is 5.32 Å². The Morgan fingerprint density at radius 3 is 2.50 bits per heavy atom. The number of halogens is 1. The van der Waals surface area contributed by atoms with Crippen molar-refractivity contribution in [2.24, 2.45) is 0 Å². The molecule has 20 heavy (non-hydrogen) atoms. The number of nitrogens with one attached hydrogen (secondary N) is 1. The fourth-order valence-corrected chi connectivity index (χ4v) is 2.20. The molecule has 102 valence electrons.